The van der Waals surface area contributed by atoms with Crippen LogP contribution in [0.4, 0.5) is 0 Å². The number of esters is 2. The number of hydrogen-bond acceptors (Lipinski definition) is 9. The lowest BCUT2D eigenvalue weighted by molar-refractivity contribution is -0.161. The van der Waals surface area contributed by atoms with Crippen LogP contribution in [0, 0.1) is 0 Å². The lowest BCUT2D eigenvalue weighted by Gasteiger charge is -2.20. The van der Waals surface area contributed by atoms with Crippen LogP contribution in [0.1, 0.15) is 206 Å². The molecular formula is C44H83O10P. The standard InChI is InChI=1S/C44H83O10P/c1-3-5-7-9-11-13-15-17-19-20-22-23-25-27-29-31-33-35-43(47)51-39-42(40-53-55(49,50)52-38-41(46)37-45)54-44(48)36-34-32-30-28-26-24-21-18-16-14-12-10-8-6-4-2/h17,19,30,32,41-42,45-46H,3-16,18,20-29,31,33-40H2,1-2H3,(H,49,50)/b19-17+,32-30+/t41-,42+/m0/s1. The monoisotopic (exact) mass is 803 g/mol. The van der Waals surface area contributed by atoms with Crippen LogP contribution in [0.3, 0.4) is 0 Å². The van der Waals surface area contributed by atoms with E-state index in [-0.39, 0.29) is 19.4 Å². The van der Waals surface area contributed by atoms with Crippen molar-refractivity contribution in [2.24, 2.45) is 0 Å². The summed E-state index contributed by atoms with van der Waals surface area (Å²) in [4.78, 5) is 35.0. The maximum atomic E-state index is 12.6. The number of unbranched alkanes of at least 4 members (excludes halogenated alkanes) is 24. The van der Waals surface area contributed by atoms with Crippen LogP contribution in [0.25, 0.3) is 0 Å². The molecule has 0 fully saturated rings. The van der Waals surface area contributed by atoms with Crippen molar-refractivity contribution < 1.29 is 47.8 Å². The maximum absolute atomic E-state index is 12.6. The largest absolute Gasteiger partial charge is 0.472 e. The number of carbonyl (C=O) groups excluding carboxylic acids is 2. The molecule has 0 aromatic rings. The molecule has 0 amide bonds. The molecule has 1 unspecified atom stereocenters. The minimum atomic E-state index is -4.62. The highest BCUT2D eigenvalue weighted by Crippen LogP contribution is 2.43. The Labute approximate surface area is 336 Å². The normalized spacial score (nSPS) is 14.1. The van der Waals surface area contributed by atoms with E-state index in [1.54, 1.807) is 0 Å². The molecule has 0 rings (SSSR count). The predicted molar refractivity (Wildman–Crippen MR) is 224 cm³/mol. The van der Waals surface area contributed by atoms with Crippen molar-refractivity contribution in [3.8, 4) is 0 Å². The van der Waals surface area contributed by atoms with Gasteiger partial charge in [0.1, 0.15) is 12.7 Å². The molecule has 0 saturated heterocycles. The summed E-state index contributed by atoms with van der Waals surface area (Å²) in [5.41, 5.74) is 0. The van der Waals surface area contributed by atoms with Crippen LogP contribution < -0.4 is 0 Å². The van der Waals surface area contributed by atoms with Gasteiger partial charge in [-0.05, 0) is 51.4 Å². The molecule has 11 heteroatoms. The van der Waals surface area contributed by atoms with Gasteiger partial charge in [0.05, 0.1) is 19.8 Å². The number of hydrogen-bond donors (Lipinski definition) is 3. The highest BCUT2D eigenvalue weighted by Gasteiger charge is 2.27. The molecule has 0 aliphatic carbocycles. The van der Waals surface area contributed by atoms with Crippen molar-refractivity contribution in [3.63, 3.8) is 0 Å². The summed E-state index contributed by atoms with van der Waals surface area (Å²) in [5, 5.41) is 18.3. The van der Waals surface area contributed by atoms with E-state index in [2.05, 4.69) is 36.6 Å². The number of carbonyl (C=O) groups is 2. The number of phosphoric ester groups is 1. The summed E-state index contributed by atoms with van der Waals surface area (Å²) in [6.45, 7) is 2.35. The summed E-state index contributed by atoms with van der Waals surface area (Å²) in [6, 6.07) is 0. The summed E-state index contributed by atoms with van der Waals surface area (Å²) in [7, 11) is -4.62. The maximum Gasteiger partial charge on any atom is 0.472 e. The Balaban J connectivity index is 4.30. The molecule has 324 valence electrons. The van der Waals surface area contributed by atoms with Gasteiger partial charge in [0.15, 0.2) is 6.10 Å². The zero-order valence-corrected chi connectivity index (χ0v) is 36.0. The van der Waals surface area contributed by atoms with Gasteiger partial charge in [0.2, 0.25) is 0 Å². The Morgan fingerprint density at radius 1 is 0.527 bits per heavy atom. The van der Waals surface area contributed by atoms with Crippen molar-refractivity contribution in [3.05, 3.63) is 24.3 Å². The minimum Gasteiger partial charge on any atom is -0.462 e. The predicted octanol–water partition coefficient (Wildman–Crippen LogP) is 11.8. The second-order valence-electron chi connectivity index (χ2n) is 15.1. The molecule has 0 aliphatic heterocycles. The van der Waals surface area contributed by atoms with E-state index < -0.39 is 51.8 Å². The second kappa shape index (κ2) is 40.6. The number of rotatable bonds is 42. The summed E-state index contributed by atoms with van der Waals surface area (Å²) < 4.78 is 32.7. The Kier molecular flexibility index (Phi) is 39.5. The van der Waals surface area contributed by atoms with Gasteiger partial charge in [-0.25, -0.2) is 4.57 Å². The molecule has 3 atom stereocenters. The van der Waals surface area contributed by atoms with E-state index >= 15 is 0 Å². The summed E-state index contributed by atoms with van der Waals surface area (Å²) in [5.74, 6) is -0.980. The fourth-order valence-electron chi connectivity index (χ4n) is 6.12. The van der Waals surface area contributed by atoms with Gasteiger partial charge < -0.3 is 24.6 Å². The fraction of sp³-hybridized carbons (Fsp3) is 0.864. The van der Waals surface area contributed by atoms with Crippen LogP contribution in [0.5, 0.6) is 0 Å². The van der Waals surface area contributed by atoms with Crippen LogP contribution >= 0.6 is 7.82 Å². The third-order valence-corrected chi connectivity index (χ3v) is 10.5. The zero-order valence-electron chi connectivity index (χ0n) is 35.2. The number of phosphoric acid groups is 1. The zero-order chi connectivity index (χ0) is 40.5. The van der Waals surface area contributed by atoms with Gasteiger partial charge in [-0.1, -0.05) is 167 Å². The molecule has 0 spiro atoms. The number of ether oxygens (including phenoxy) is 2. The molecule has 3 N–H and O–H groups in total. The van der Waals surface area contributed by atoms with Gasteiger partial charge in [-0.3, -0.25) is 18.6 Å². The lowest BCUT2D eigenvalue weighted by atomic mass is 10.1. The van der Waals surface area contributed by atoms with E-state index in [9.17, 15) is 24.2 Å². The summed E-state index contributed by atoms with van der Waals surface area (Å²) >= 11 is 0. The molecule has 10 nitrogen and oxygen atoms in total. The molecule has 0 saturated carbocycles. The highest BCUT2D eigenvalue weighted by molar-refractivity contribution is 7.47. The first-order chi connectivity index (χ1) is 26.7. The molecular weight excluding hydrogens is 719 g/mol. The molecule has 0 aromatic heterocycles. The van der Waals surface area contributed by atoms with Crippen LogP contribution in [-0.2, 0) is 32.7 Å². The Morgan fingerprint density at radius 3 is 1.38 bits per heavy atom. The second-order valence-corrected chi connectivity index (χ2v) is 16.5. The van der Waals surface area contributed by atoms with Crippen LogP contribution in [0.15, 0.2) is 24.3 Å². The minimum absolute atomic E-state index is 0.102. The fourth-order valence-corrected chi connectivity index (χ4v) is 6.91. The molecule has 0 radical (unpaired) electrons. The Morgan fingerprint density at radius 2 is 0.927 bits per heavy atom. The smallest absolute Gasteiger partial charge is 0.462 e. The van der Waals surface area contributed by atoms with E-state index in [1.807, 2.05) is 6.08 Å². The highest BCUT2D eigenvalue weighted by atomic mass is 31.2. The third kappa shape index (κ3) is 40.4. The average molecular weight is 803 g/mol. The third-order valence-electron chi connectivity index (χ3n) is 9.59. The van der Waals surface area contributed by atoms with Gasteiger partial charge in [-0.15, -0.1) is 0 Å². The van der Waals surface area contributed by atoms with E-state index in [1.165, 1.54) is 128 Å². The van der Waals surface area contributed by atoms with Crippen molar-refractivity contribution in [1.82, 2.24) is 0 Å². The first-order valence-corrected chi connectivity index (χ1v) is 23.8. The number of aliphatic hydroxyl groups excluding tert-OH is 2. The SMILES string of the molecule is CCCCCCCC/C=C/CCCCCCCCCC(=O)OC[C@H](COP(=O)(O)OC[C@@H](O)CO)OC(=O)CC/C=C/CCCCCCCCCCCCC. The van der Waals surface area contributed by atoms with Crippen molar-refractivity contribution in [2.75, 3.05) is 26.4 Å². The molecule has 0 aliphatic rings. The topological polar surface area (TPSA) is 149 Å². The van der Waals surface area contributed by atoms with Gasteiger partial charge in [0.25, 0.3) is 0 Å². The number of aliphatic hydroxyl groups is 2. The van der Waals surface area contributed by atoms with Crippen LogP contribution in [0.2, 0.25) is 0 Å². The first-order valence-electron chi connectivity index (χ1n) is 22.3. The molecule has 0 bridgehead atoms. The van der Waals surface area contributed by atoms with E-state index in [4.69, 9.17) is 19.1 Å². The van der Waals surface area contributed by atoms with Crippen LogP contribution in [-0.4, -0.2) is 65.7 Å². The first kappa shape index (κ1) is 53.5. The number of allylic oxidation sites excluding steroid dienone is 4. The Hall–Kier alpha value is -1.55. The van der Waals surface area contributed by atoms with E-state index in [0.717, 1.165) is 38.5 Å². The van der Waals surface area contributed by atoms with Gasteiger partial charge in [0, 0.05) is 12.8 Å². The van der Waals surface area contributed by atoms with Gasteiger partial charge in [-0.2, -0.15) is 0 Å². The summed E-state index contributed by atoms with van der Waals surface area (Å²) in [6.07, 6.45) is 40.1. The molecule has 55 heavy (non-hydrogen) atoms. The van der Waals surface area contributed by atoms with Crippen molar-refractivity contribution in [1.29, 1.82) is 0 Å². The Bertz CT molecular complexity index is 972. The van der Waals surface area contributed by atoms with E-state index in [0.29, 0.717) is 12.8 Å². The van der Waals surface area contributed by atoms with Crippen molar-refractivity contribution >= 4 is 19.8 Å². The van der Waals surface area contributed by atoms with Gasteiger partial charge >= 0.3 is 19.8 Å². The molecule has 0 heterocycles. The molecule has 0 aromatic carbocycles. The quantitative estimate of drug-likeness (QED) is 0.0236. The lowest BCUT2D eigenvalue weighted by Crippen LogP contribution is -2.29. The average Bonchev–Trinajstić information content (AvgIpc) is 3.17. The van der Waals surface area contributed by atoms with Crippen molar-refractivity contribution in [2.45, 2.75) is 219 Å².